The first-order valence-corrected chi connectivity index (χ1v) is 9.62. The molecule has 5 heteroatoms. The minimum absolute atomic E-state index is 0.484. The Morgan fingerprint density at radius 2 is 2.00 bits per heavy atom. The van der Waals surface area contributed by atoms with Crippen molar-refractivity contribution in [1.82, 2.24) is 14.9 Å². The van der Waals surface area contributed by atoms with Crippen molar-refractivity contribution in [3.05, 3.63) is 53.0 Å². The number of rotatable bonds is 4. The van der Waals surface area contributed by atoms with E-state index < -0.39 is 0 Å². The molecule has 1 aromatic heterocycles. The zero-order valence-electron chi connectivity index (χ0n) is 15.1. The molecule has 1 saturated heterocycles. The molecule has 1 aliphatic carbocycles. The van der Waals surface area contributed by atoms with Gasteiger partial charge in [-0.25, -0.2) is 9.97 Å². The molecule has 26 heavy (non-hydrogen) atoms. The van der Waals surface area contributed by atoms with Crippen molar-refractivity contribution in [3.63, 3.8) is 0 Å². The number of hydrogen-bond donors (Lipinski definition) is 1. The lowest BCUT2D eigenvalue weighted by molar-refractivity contribution is 0.211. The van der Waals surface area contributed by atoms with Gasteiger partial charge in [0.15, 0.2) is 0 Å². The van der Waals surface area contributed by atoms with E-state index in [2.05, 4.69) is 32.3 Å². The zero-order valence-corrected chi connectivity index (χ0v) is 15.1. The Morgan fingerprint density at radius 3 is 2.85 bits per heavy atom. The number of aromatic nitrogens is 2. The summed E-state index contributed by atoms with van der Waals surface area (Å²) in [6.45, 7) is 3.06. The van der Waals surface area contributed by atoms with Crippen LogP contribution in [0.25, 0.3) is 0 Å². The van der Waals surface area contributed by atoms with Crippen LogP contribution in [0.1, 0.15) is 48.1 Å². The van der Waals surface area contributed by atoms with Crippen LogP contribution in [0.2, 0.25) is 0 Å². The molecular formula is C21H25N5. The van der Waals surface area contributed by atoms with E-state index >= 15 is 0 Å². The third kappa shape index (κ3) is 3.86. The molecule has 0 atom stereocenters. The molecule has 0 amide bonds. The average molecular weight is 347 g/mol. The Hall–Kier alpha value is -2.45. The van der Waals surface area contributed by atoms with Gasteiger partial charge >= 0.3 is 0 Å². The van der Waals surface area contributed by atoms with Gasteiger partial charge in [-0.05, 0) is 56.2 Å². The van der Waals surface area contributed by atoms with Crippen molar-refractivity contribution in [2.45, 2.75) is 51.1 Å². The lowest BCUT2D eigenvalue weighted by Gasteiger charge is -2.33. The van der Waals surface area contributed by atoms with Crippen molar-refractivity contribution < 1.29 is 0 Å². The molecule has 2 aliphatic rings. The maximum atomic E-state index is 9.04. The summed E-state index contributed by atoms with van der Waals surface area (Å²) in [5.74, 6) is 1.06. The summed E-state index contributed by atoms with van der Waals surface area (Å²) in [5, 5.41) is 12.7. The maximum absolute atomic E-state index is 9.04. The molecule has 0 radical (unpaired) electrons. The van der Waals surface area contributed by atoms with E-state index in [1.165, 1.54) is 29.7 Å². The number of aryl methyl sites for hydroxylation is 1. The van der Waals surface area contributed by atoms with Gasteiger partial charge in [-0.2, -0.15) is 5.26 Å². The van der Waals surface area contributed by atoms with E-state index in [0.29, 0.717) is 6.04 Å². The third-order valence-corrected chi connectivity index (χ3v) is 5.52. The van der Waals surface area contributed by atoms with Crippen molar-refractivity contribution >= 4 is 5.82 Å². The average Bonchev–Trinajstić information content (AvgIpc) is 2.70. The number of nitriles is 1. The Labute approximate surface area is 155 Å². The minimum Gasteiger partial charge on any atom is -0.367 e. The first kappa shape index (κ1) is 17.0. The van der Waals surface area contributed by atoms with Crippen LogP contribution in [0.3, 0.4) is 0 Å². The van der Waals surface area contributed by atoms with Crippen LogP contribution in [0.15, 0.2) is 30.6 Å². The SMILES string of the molecule is N#Cc1cccc(CN2CCC(Nc3ncnc4c3CCCC4)CC2)c1. The molecule has 134 valence electrons. The lowest BCUT2D eigenvalue weighted by atomic mass is 9.96. The van der Waals surface area contributed by atoms with Gasteiger partial charge < -0.3 is 5.32 Å². The molecule has 0 saturated carbocycles. The van der Waals surface area contributed by atoms with Crippen molar-refractivity contribution in [1.29, 1.82) is 5.26 Å². The Morgan fingerprint density at radius 1 is 1.15 bits per heavy atom. The number of piperidine rings is 1. The largest absolute Gasteiger partial charge is 0.367 e. The molecule has 0 spiro atoms. The van der Waals surface area contributed by atoms with E-state index in [4.69, 9.17) is 5.26 Å². The number of benzene rings is 1. The molecule has 1 aromatic carbocycles. The van der Waals surface area contributed by atoms with Crippen LogP contribution in [0.5, 0.6) is 0 Å². The number of hydrogen-bond acceptors (Lipinski definition) is 5. The second kappa shape index (κ2) is 7.84. The van der Waals surface area contributed by atoms with Gasteiger partial charge in [-0.1, -0.05) is 12.1 Å². The summed E-state index contributed by atoms with van der Waals surface area (Å²) >= 11 is 0. The summed E-state index contributed by atoms with van der Waals surface area (Å²) in [4.78, 5) is 11.5. The second-order valence-electron chi connectivity index (χ2n) is 7.36. The normalized spacial score (nSPS) is 18.1. The summed E-state index contributed by atoms with van der Waals surface area (Å²) in [6.07, 6.45) is 8.64. The molecule has 5 nitrogen and oxygen atoms in total. The van der Waals surface area contributed by atoms with Gasteiger partial charge in [-0.3, -0.25) is 4.90 Å². The number of anilines is 1. The molecule has 2 heterocycles. The van der Waals surface area contributed by atoms with Gasteiger partial charge in [0.2, 0.25) is 0 Å². The van der Waals surface area contributed by atoms with Crippen LogP contribution in [0.4, 0.5) is 5.82 Å². The van der Waals surface area contributed by atoms with Crippen LogP contribution < -0.4 is 5.32 Å². The Kier molecular flexibility index (Phi) is 5.12. The molecule has 4 rings (SSSR count). The number of nitrogens with zero attached hydrogens (tertiary/aromatic N) is 4. The van der Waals surface area contributed by atoms with Crippen LogP contribution in [0, 0.1) is 11.3 Å². The Bertz CT molecular complexity index is 802. The second-order valence-corrected chi connectivity index (χ2v) is 7.36. The number of fused-ring (bicyclic) bond motifs is 1. The topological polar surface area (TPSA) is 64.8 Å². The Balaban J connectivity index is 1.33. The van der Waals surface area contributed by atoms with Crippen molar-refractivity contribution in [2.24, 2.45) is 0 Å². The molecule has 1 N–H and O–H groups in total. The molecule has 0 bridgehead atoms. The van der Waals surface area contributed by atoms with Crippen molar-refractivity contribution in [2.75, 3.05) is 18.4 Å². The first-order chi connectivity index (χ1) is 12.8. The maximum Gasteiger partial charge on any atom is 0.133 e. The molecule has 2 aromatic rings. The highest BCUT2D eigenvalue weighted by molar-refractivity contribution is 5.47. The fraction of sp³-hybridized carbons (Fsp3) is 0.476. The zero-order chi connectivity index (χ0) is 17.8. The van der Waals surface area contributed by atoms with Gasteiger partial charge in [-0.15, -0.1) is 0 Å². The smallest absolute Gasteiger partial charge is 0.133 e. The van der Waals surface area contributed by atoms with Gasteiger partial charge in [0.1, 0.15) is 12.1 Å². The first-order valence-electron chi connectivity index (χ1n) is 9.62. The number of likely N-dealkylation sites (tertiary alicyclic amines) is 1. The van der Waals surface area contributed by atoms with E-state index in [-0.39, 0.29) is 0 Å². The molecular weight excluding hydrogens is 322 g/mol. The molecule has 1 fully saturated rings. The fourth-order valence-electron chi connectivity index (χ4n) is 4.07. The van der Waals surface area contributed by atoms with Gasteiger partial charge in [0.25, 0.3) is 0 Å². The highest BCUT2D eigenvalue weighted by Crippen LogP contribution is 2.26. The van der Waals surface area contributed by atoms with Crippen LogP contribution >= 0.6 is 0 Å². The van der Waals surface area contributed by atoms with Crippen molar-refractivity contribution in [3.8, 4) is 6.07 Å². The minimum atomic E-state index is 0.484. The van der Waals surface area contributed by atoms with Gasteiger partial charge in [0.05, 0.1) is 11.6 Å². The lowest BCUT2D eigenvalue weighted by Crippen LogP contribution is -2.39. The molecule has 1 aliphatic heterocycles. The van der Waals surface area contributed by atoms with E-state index in [9.17, 15) is 0 Å². The highest BCUT2D eigenvalue weighted by Gasteiger charge is 2.22. The summed E-state index contributed by atoms with van der Waals surface area (Å²) in [7, 11) is 0. The monoisotopic (exact) mass is 347 g/mol. The quantitative estimate of drug-likeness (QED) is 0.919. The summed E-state index contributed by atoms with van der Waals surface area (Å²) < 4.78 is 0. The van der Waals surface area contributed by atoms with E-state index in [0.717, 1.165) is 56.7 Å². The summed E-state index contributed by atoms with van der Waals surface area (Å²) in [5.41, 5.74) is 4.55. The predicted molar refractivity (Wildman–Crippen MR) is 102 cm³/mol. The third-order valence-electron chi connectivity index (χ3n) is 5.52. The highest BCUT2D eigenvalue weighted by atomic mass is 15.1. The number of nitrogens with one attached hydrogen (secondary N) is 1. The fourth-order valence-corrected chi connectivity index (χ4v) is 4.07. The van der Waals surface area contributed by atoms with E-state index in [1.807, 2.05) is 18.2 Å². The summed E-state index contributed by atoms with van der Waals surface area (Å²) in [6, 6.07) is 10.6. The van der Waals surface area contributed by atoms with E-state index in [1.54, 1.807) is 6.33 Å². The van der Waals surface area contributed by atoms with Gasteiger partial charge in [0, 0.05) is 36.9 Å². The standard InChI is InChI=1S/C21H25N5/c22-13-16-4-3-5-17(12-16)14-26-10-8-18(9-11-26)25-21-19-6-1-2-7-20(19)23-15-24-21/h3-5,12,15,18H,1-2,6-11,14H2,(H,23,24,25). The molecule has 0 unspecified atom stereocenters. The predicted octanol–water partition coefficient (Wildman–Crippen LogP) is 3.30. The van der Waals surface area contributed by atoms with Crippen LogP contribution in [-0.2, 0) is 19.4 Å². The van der Waals surface area contributed by atoms with Crippen LogP contribution in [-0.4, -0.2) is 34.0 Å².